The number of nitrogens with zero attached hydrogens (tertiary/aromatic N) is 1. The number of primary sulfonamides is 1. The van der Waals surface area contributed by atoms with Gasteiger partial charge >= 0.3 is 0 Å². The maximum Gasteiger partial charge on any atom is 0.240 e. The predicted octanol–water partition coefficient (Wildman–Crippen LogP) is 0.334. The smallest absolute Gasteiger partial charge is 0.240 e. The number of halogens is 1. The van der Waals surface area contributed by atoms with Crippen molar-refractivity contribution in [2.45, 2.75) is 4.90 Å². The Labute approximate surface area is 78.0 Å². The van der Waals surface area contributed by atoms with E-state index in [1.165, 1.54) is 12.4 Å². The molecule has 1 aromatic heterocycles. The van der Waals surface area contributed by atoms with Gasteiger partial charge in [-0.05, 0) is 28.7 Å². The number of pyridine rings is 1. The molecule has 0 saturated carbocycles. The summed E-state index contributed by atoms with van der Waals surface area (Å²) in [7, 11) is -3.60. The lowest BCUT2D eigenvalue weighted by atomic mass is 10.5. The van der Waals surface area contributed by atoms with Crippen LogP contribution in [0, 0.1) is 3.57 Å². The largest absolute Gasteiger partial charge is 0.263 e. The van der Waals surface area contributed by atoms with Crippen molar-refractivity contribution < 1.29 is 8.42 Å². The second-order valence-corrected chi connectivity index (χ2v) is 4.54. The quantitative estimate of drug-likeness (QED) is 0.755. The van der Waals surface area contributed by atoms with Crippen LogP contribution in [0.15, 0.2) is 23.4 Å². The van der Waals surface area contributed by atoms with Crippen LogP contribution in [0.5, 0.6) is 0 Å². The molecule has 0 aliphatic rings. The van der Waals surface area contributed by atoms with E-state index in [0.29, 0.717) is 3.57 Å². The number of nitrogens with two attached hydrogens (primary N) is 1. The minimum atomic E-state index is -3.60. The Morgan fingerprint density at radius 3 is 2.55 bits per heavy atom. The highest BCUT2D eigenvalue weighted by atomic mass is 127. The first-order chi connectivity index (χ1) is 5.02. The average Bonchev–Trinajstić information content (AvgIpc) is 1.86. The summed E-state index contributed by atoms with van der Waals surface area (Å²) in [4.78, 5) is 3.72. The second kappa shape index (κ2) is 3.03. The molecule has 1 heterocycles. The van der Waals surface area contributed by atoms with Crippen molar-refractivity contribution in [1.29, 1.82) is 0 Å². The first-order valence-electron chi connectivity index (χ1n) is 2.64. The van der Waals surface area contributed by atoms with Gasteiger partial charge in [0.05, 0.1) is 0 Å². The molecule has 1 rings (SSSR count). The summed E-state index contributed by atoms with van der Waals surface area (Å²) < 4.78 is 22.2. The highest BCUT2D eigenvalue weighted by Gasteiger charge is 2.10. The molecular formula is C5H5IN2O2S. The van der Waals surface area contributed by atoms with Gasteiger partial charge in [0.1, 0.15) is 4.90 Å². The summed E-state index contributed by atoms with van der Waals surface area (Å²) in [6, 6.07) is 1.58. The molecule has 6 heteroatoms. The Morgan fingerprint density at radius 1 is 1.55 bits per heavy atom. The van der Waals surface area contributed by atoms with Gasteiger partial charge in [0.2, 0.25) is 10.0 Å². The lowest BCUT2D eigenvalue weighted by Gasteiger charge is -1.97. The predicted molar refractivity (Wildman–Crippen MR) is 48.3 cm³/mol. The second-order valence-electron chi connectivity index (χ2n) is 1.85. The maximum atomic E-state index is 10.8. The van der Waals surface area contributed by atoms with Crippen LogP contribution in [0.1, 0.15) is 0 Å². The van der Waals surface area contributed by atoms with Gasteiger partial charge in [-0.1, -0.05) is 0 Å². The van der Waals surface area contributed by atoms with Crippen molar-refractivity contribution in [2.24, 2.45) is 5.14 Å². The Bertz CT molecular complexity index is 363. The molecule has 0 aliphatic heterocycles. The lowest BCUT2D eigenvalue weighted by molar-refractivity contribution is 0.597. The van der Waals surface area contributed by atoms with Gasteiger partial charge in [0, 0.05) is 16.0 Å². The van der Waals surface area contributed by atoms with Gasteiger partial charge in [-0.2, -0.15) is 0 Å². The normalized spacial score (nSPS) is 11.5. The zero-order chi connectivity index (χ0) is 8.48. The zero-order valence-electron chi connectivity index (χ0n) is 5.36. The SMILES string of the molecule is NS(=O)(=O)c1cnccc1I. The van der Waals surface area contributed by atoms with Gasteiger partial charge in [0.25, 0.3) is 0 Å². The van der Waals surface area contributed by atoms with Crippen molar-refractivity contribution >= 4 is 32.6 Å². The molecule has 0 saturated heterocycles. The van der Waals surface area contributed by atoms with Crippen LogP contribution < -0.4 is 5.14 Å². The fraction of sp³-hybridized carbons (Fsp3) is 0. The maximum absolute atomic E-state index is 10.8. The molecule has 0 aliphatic carbocycles. The van der Waals surface area contributed by atoms with Crippen LogP contribution in [0.3, 0.4) is 0 Å². The van der Waals surface area contributed by atoms with Crippen molar-refractivity contribution in [3.05, 3.63) is 22.0 Å². The molecule has 60 valence electrons. The molecular weight excluding hydrogens is 279 g/mol. The summed E-state index contributed by atoms with van der Waals surface area (Å²) in [6.45, 7) is 0. The van der Waals surface area contributed by atoms with Crippen LogP contribution in [0.4, 0.5) is 0 Å². The summed E-state index contributed by atoms with van der Waals surface area (Å²) >= 11 is 1.89. The van der Waals surface area contributed by atoms with Gasteiger partial charge in [-0.25, -0.2) is 13.6 Å². The highest BCUT2D eigenvalue weighted by Crippen LogP contribution is 2.13. The molecule has 0 unspecified atom stereocenters. The van der Waals surface area contributed by atoms with Crippen LogP contribution in [-0.2, 0) is 10.0 Å². The van der Waals surface area contributed by atoms with Crippen LogP contribution in [0.2, 0.25) is 0 Å². The molecule has 4 nitrogen and oxygen atoms in total. The third-order valence-electron chi connectivity index (χ3n) is 1.04. The molecule has 0 atom stereocenters. The van der Waals surface area contributed by atoms with Crippen molar-refractivity contribution in [3.8, 4) is 0 Å². The molecule has 0 radical (unpaired) electrons. The Balaban J connectivity index is 3.37. The summed E-state index contributed by atoms with van der Waals surface area (Å²) in [5.41, 5.74) is 0. The minimum absolute atomic E-state index is 0.0700. The number of aromatic nitrogens is 1. The first kappa shape index (κ1) is 8.88. The van der Waals surface area contributed by atoms with Gasteiger partial charge in [0.15, 0.2) is 0 Å². The number of hydrogen-bond donors (Lipinski definition) is 1. The van der Waals surface area contributed by atoms with E-state index >= 15 is 0 Å². The molecule has 0 bridgehead atoms. The van der Waals surface area contributed by atoms with E-state index < -0.39 is 10.0 Å². The Kier molecular flexibility index (Phi) is 2.45. The minimum Gasteiger partial charge on any atom is -0.263 e. The van der Waals surface area contributed by atoms with E-state index in [-0.39, 0.29) is 4.90 Å². The van der Waals surface area contributed by atoms with Crippen LogP contribution in [0.25, 0.3) is 0 Å². The number of hydrogen-bond acceptors (Lipinski definition) is 3. The fourth-order valence-electron chi connectivity index (χ4n) is 0.572. The van der Waals surface area contributed by atoms with Gasteiger partial charge in [-0.15, -0.1) is 0 Å². The van der Waals surface area contributed by atoms with Crippen molar-refractivity contribution in [1.82, 2.24) is 4.98 Å². The fourth-order valence-corrected chi connectivity index (χ4v) is 2.34. The average molecular weight is 284 g/mol. The molecule has 2 N–H and O–H groups in total. The summed E-state index contributed by atoms with van der Waals surface area (Å²) in [5.74, 6) is 0. The third kappa shape index (κ3) is 2.11. The van der Waals surface area contributed by atoms with Crippen LogP contribution in [-0.4, -0.2) is 13.4 Å². The number of rotatable bonds is 1. The summed E-state index contributed by atoms with van der Waals surface area (Å²) in [5, 5.41) is 4.89. The standard InChI is InChI=1S/C5H5IN2O2S/c6-4-1-2-8-3-5(4)11(7,9)10/h1-3H,(H2,7,9,10). The Hall–Kier alpha value is -0.210. The van der Waals surface area contributed by atoms with E-state index in [2.05, 4.69) is 4.98 Å². The molecule has 0 fully saturated rings. The van der Waals surface area contributed by atoms with E-state index in [9.17, 15) is 8.42 Å². The topological polar surface area (TPSA) is 73.1 Å². The van der Waals surface area contributed by atoms with E-state index in [1.807, 2.05) is 22.6 Å². The van der Waals surface area contributed by atoms with E-state index in [4.69, 9.17) is 5.14 Å². The van der Waals surface area contributed by atoms with Crippen molar-refractivity contribution in [2.75, 3.05) is 0 Å². The van der Waals surface area contributed by atoms with Gasteiger partial charge < -0.3 is 0 Å². The zero-order valence-corrected chi connectivity index (χ0v) is 8.33. The van der Waals surface area contributed by atoms with Gasteiger partial charge in [-0.3, -0.25) is 4.98 Å². The molecule has 0 aromatic carbocycles. The van der Waals surface area contributed by atoms with E-state index in [1.54, 1.807) is 6.07 Å². The first-order valence-corrected chi connectivity index (χ1v) is 5.26. The van der Waals surface area contributed by atoms with E-state index in [0.717, 1.165) is 0 Å². The number of sulfonamides is 1. The highest BCUT2D eigenvalue weighted by molar-refractivity contribution is 14.1. The molecule has 0 spiro atoms. The van der Waals surface area contributed by atoms with Crippen LogP contribution >= 0.6 is 22.6 Å². The molecule has 0 amide bonds. The monoisotopic (exact) mass is 284 g/mol. The molecule has 11 heavy (non-hydrogen) atoms. The molecule has 1 aromatic rings. The lowest BCUT2D eigenvalue weighted by Crippen LogP contribution is -2.13. The Morgan fingerprint density at radius 2 is 2.18 bits per heavy atom. The summed E-state index contributed by atoms with van der Waals surface area (Å²) in [6.07, 6.45) is 2.74. The van der Waals surface area contributed by atoms with Crippen molar-refractivity contribution in [3.63, 3.8) is 0 Å². The third-order valence-corrected chi connectivity index (χ3v) is 3.29.